The van der Waals surface area contributed by atoms with Gasteiger partial charge in [0.1, 0.15) is 0 Å². The highest BCUT2D eigenvalue weighted by molar-refractivity contribution is 7.14. The zero-order chi connectivity index (χ0) is 20.1. The quantitative estimate of drug-likeness (QED) is 0.498. The number of carbonyl (C=O) groups is 1. The van der Waals surface area contributed by atoms with Crippen LogP contribution in [0.25, 0.3) is 17.3 Å². The number of ether oxygens (including phenoxy) is 2. The van der Waals surface area contributed by atoms with Crippen LogP contribution in [0, 0.1) is 0 Å². The van der Waals surface area contributed by atoms with E-state index in [2.05, 4.69) is 10.3 Å². The van der Waals surface area contributed by atoms with Crippen LogP contribution < -0.4 is 14.8 Å². The average Bonchev–Trinajstić information content (AvgIpc) is 3.14. The molecule has 1 amide bonds. The van der Waals surface area contributed by atoms with Gasteiger partial charge in [0, 0.05) is 22.0 Å². The summed E-state index contributed by atoms with van der Waals surface area (Å²) in [6.07, 6.45) is 3.11. The van der Waals surface area contributed by atoms with Crippen LogP contribution in [0.15, 0.2) is 47.9 Å². The van der Waals surface area contributed by atoms with Gasteiger partial charge in [-0.25, -0.2) is 4.98 Å². The maximum absolute atomic E-state index is 12.2. The number of rotatable bonds is 6. The van der Waals surface area contributed by atoms with E-state index in [0.717, 1.165) is 11.1 Å². The molecular weight excluding hydrogens is 419 g/mol. The highest BCUT2D eigenvalue weighted by atomic mass is 35.5. The van der Waals surface area contributed by atoms with Crippen LogP contribution in [0.2, 0.25) is 10.0 Å². The molecule has 0 aliphatic heterocycles. The Morgan fingerprint density at radius 3 is 2.61 bits per heavy atom. The average molecular weight is 435 g/mol. The number of benzene rings is 2. The third kappa shape index (κ3) is 4.84. The number of nitrogens with zero attached hydrogens (tertiary/aromatic N) is 1. The molecule has 1 aromatic heterocycles. The molecule has 3 rings (SSSR count). The zero-order valence-electron chi connectivity index (χ0n) is 15.0. The van der Waals surface area contributed by atoms with Gasteiger partial charge in [0.05, 0.1) is 24.9 Å². The van der Waals surface area contributed by atoms with E-state index in [4.69, 9.17) is 32.7 Å². The summed E-state index contributed by atoms with van der Waals surface area (Å²) in [5, 5.41) is 6.10. The standard InChI is InChI=1S/C20H16Cl2N2O3S/c1-26-17-7-3-12(9-18(17)27-2)4-8-19(25)24-20-23-16(11-28-20)14-6-5-13(21)10-15(14)22/h3-11H,1-2H3,(H,23,24,25). The largest absolute Gasteiger partial charge is 0.493 e. The van der Waals surface area contributed by atoms with E-state index in [-0.39, 0.29) is 5.91 Å². The van der Waals surface area contributed by atoms with E-state index in [1.807, 2.05) is 11.4 Å². The molecule has 0 atom stereocenters. The van der Waals surface area contributed by atoms with E-state index in [1.165, 1.54) is 17.4 Å². The molecule has 1 heterocycles. The molecule has 5 nitrogen and oxygen atoms in total. The number of aromatic nitrogens is 1. The van der Waals surface area contributed by atoms with E-state index in [1.54, 1.807) is 50.6 Å². The minimum atomic E-state index is -0.294. The predicted octanol–water partition coefficient (Wildman–Crippen LogP) is 5.79. The Hall–Kier alpha value is -2.54. The second-order valence-corrected chi connectivity index (χ2v) is 7.30. The third-order valence-electron chi connectivity index (χ3n) is 3.78. The topological polar surface area (TPSA) is 60.5 Å². The van der Waals surface area contributed by atoms with Gasteiger partial charge in [0.25, 0.3) is 0 Å². The van der Waals surface area contributed by atoms with Crippen molar-refractivity contribution in [3.05, 3.63) is 63.5 Å². The highest BCUT2D eigenvalue weighted by Crippen LogP contribution is 2.32. The Morgan fingerprint density at radius 1 is 1.11 bits per heavy atom. The normalized spacial score (nSPS) is 10.9. The number of halogens is 2. The van der Waals surface area contributed by atoms with Gasteiger partial charge in [0.2, 0.25) is 5.91 Å². The van der Waals surface area contributed by atoms with Crippen molar-refractivity contribution in [3.8, 4) is 22.8 Å². The van der Waals surface area contributed by atoms with Gasteiger partial charge in [0.15, 0.2) is 16.6 Å². The zero-order valence-corrected chi connectivity index (χ0v) is 17.4. The maximum Gasteiger partial charge on any atom is 0.250 e. The van der Waals surface area contributed by atoms with Crippen LogP contribution in [-0.4, -0.2) is 25.1 Å². The number of thiazole rings is 1. The molecule has 0 aliphatic rings. The van der Waals surface area contributed by atoms with Gasteiger partial charge in [-0.2, -0.15) is 0 Å². The van der Waals surface area contributed by atoms with Gasteiger partial charge in [-0.15, -0.1) is 11.3 Å². The van der Waals surface area contributed by atoms with Gasteiger partial charge in [-0.05, 0) is 42.0 Å². The molecule has 3 aromatic rings. The van der Waals surface area contributed by atoms with Crippen LogP contribution in [-0.2, 0) is 4.79 Å². The van der Waals surface area contributed by atoms with Gasteiger partial charge in [-0.1, -0.05) is 29.3 Å². The van der Waals surface area contributed by atoms with Gasteiger partial charge in [-0.3, -0.25) is 10.1 Å². The van der Waals surface area contributed by atoms with Crippen molar-refractivity contribution in [1.29, 1.82) is 0 Å². The van der Waals surface area contributed by atoms with E-state index >= 15 is 0 Å². The molecule has 0 aliphatic carbocycles. The lowest BCUT2D eigenvalue weighted by Crippen LogP contribution is -2.07. The van der Waals surface area contributed by atoms with Crippen molar-refractivity contribution in [2.24, 2.45) is 0 Å². The first-order valence-electron chi connectivity index (χ1n) is 8.12. The minimum absolute atomic E-state index is 0.294. The number of methoxy groups -OCH3 is 2. The van der Waals surface area contributed by atoms with Crippen molar-refractivity contribution in [1.82, 2.24) is 4.98 Å². The molecule has 0 spiro atoms. The fourth-order valence-corrected chi connectivity index (χ4v) is 3.65. The number of carbonyl (C=O) groups excluding carboxylic acids is 1. The lowest BCUT2D eigenvalue weighted by molar-refractivity contribution is -0.111. The molecule has 8 heteroatoms. The van der Waals surface area contributed by atoms with E-state index in [9.17, 15) is 4.79 Å². The Balaban J connectivity index is 1.69. The summed E-state index contributed by atoms with van der Waals surface area (Å²) in [7, 11) is 3.13. The molecule has 0 saturated heterocycles. The summed E-state index contributed by atoms with van der Waals surface area (Å²) in [4.78, 5) is 16.6. The molecule has 144 valence electrons. The van der Waals surface area contributed by atoms with Crippen molar-refractivity contribution in [2.45, 2.75) is 0 Å². The summed E-state index contributed by atoms with van der Waals surface area (Å²) in [5.74, 6) is 0.924. The van der Waals surface area contributed by atoms with Crippen molar-refractivity contribution < 1.29 is 14.3 Å². The Bertz CT molecular complexity index is 1030. The summed E-state index contributed by atoms with van der Waals surface area (Å²) in [6.45, 7) is 0. The molecular formula is C20H16Cl2N2O3S. The molecule has 28 heavy (non-hydrogen) atoms. The Kier molecular flexibility index (Phi) is 6.57. The monoisotopic (exact) mass is 434 g/mol. The SMILES string of the molecule is COc1ccc(C=CC(=O)Nc2nc(-c3ccc(Cl)cc3Cl)cs2)cc1OC. The smallest absolute Gasteiger partial charge is 0.250 e. The van der Waals surface area contributed by atoms with Crippen molar-refractivity contribution >= 4 is 51.7 Å². The molecule has 1 N–H and O–H groups in total. The fraction of sp³-hybridized carbons (Fsp3) is 0.100. The lowest BCUT2D eigenvalue weighted by atomic mass is 10.2. The molecule has 0 radical (unpaired) electrons. The minimum Gasteiger partial charge on any atom is -0.493 e. The number of nitrogens with one attached hydrogen (secondary N) is 1. The van der Waals surface area contributed by atoms with E-state index in [0.29, 0.717) is 32.4 Å². The summed E-state index contributed by atoms with van der Waals surface area (Å²) >= 11 is 13.4. The second-order valence-electron chi connectivity index (χ2n) is 5.60. The second kappa shape index (κ2) is 9.10. The molecule has 0 saturated carbocycles. The van der Waals surface area contributed by atoms with Crippen LogP contribution in [0.1, 0.15) is 5.56 Å². The van der Waals surface area contributed by atoms with Crippen molar-refractivity contribution in [3.63, 3.8) is 0 Å². The van der Waals surface area contributed by atoms with Gasteiger partial charge >= 0.3 is 0 Å². The first-order valence-corrected chi connectivity index (χ1v) is 9.75. The van der Waals surface area contributed by atoms with Crippen LogP contribution in [0.4, 0.5) is 5.13 Å². The van der Waals surface area contributed by atoms with Crippen LogP contribution in [0.3, 0.4) is 0 Å². The van der Waals surface area contributed by atoms with Crippen molar-refractivity contribution in [2.75, 3.05) is 19.5 Å². The first kappa shape index (κ1) is 20.2. The lowest BCUT2D eigenvalue weighted by Gasteiger charge is -2.07. The number of hydrogen-bond acceptors (Lipinski definition) is 5. The fourth-order valence-electron chi connectivity index (χ4n) is 2.43. The highest BCUT2D eigenvalue weighted by Gasteiger charge is 2.10. The number of amides is 1. The molecule has 0 unspecified atom stereocenters. The van der Waals surface area contributed by atoms with Gasteiger partial charge < -0.3 is 9.47 Å². The van der Waals surface area contributed by atoms with Crippen LogP contribution in [0.5, 0.6) is 11.5 Å². The number of hydrogen-bond donors (Lipinski definition) is 1. The number of anilines is 1. The summed E-state index contributed by atoms with van der Waals surface area (Å²) in [6, 6.07) is 10.6. The predicted molar refractivity (Wildman–Crippen MR) is 115 cm³/mol. The van der Waals surface area contributed by atoms with Crippen LogP contribution >= 0.6 is 34.5 Å². The van der Waals surface area contributed by atoms with E-state index < -0.39 is 0 Å². The maximum atomic E-state index is 12.2. The Morgan fingerprint density at radius 2 is 1.89 bits per heavy atom. The third-order valence-corrected chi connectivity index (χ3v) is 5.08. The molecule has 2 aromatic carbocycles. The molecule has 0 bridgehead atoms. The summed E-state index contributed by atoms with van der Waals surface area (Å²) in [5.41, 5.74) is 2.23. The summed E-state index contributed by atoms with van der Waals surface area (Å²) < 4.78 is 10.5. The molecule has 0 fully saturated rings. The Labute approximate surface area is 176 Å². The first-order chi connectivity index (χ1) is 13.5.